The van der Waals surface area contributed by atoms with Crippen molar-refractivity contribution in [3.8, 4) is 33.4 Å². The normalized spacial score (nSPS) is 16.1. The molecule has 14 aromatic carbocycles. The van der Waals surface area contributed by atoms with Gasteiger partial charge in [-0.3, -0.25) is 0 Å². The minimum atomic E-state index is -0.0721. The highest BCUT2D eigenvalue weighted by Crippen LogP contribution is 2.51. The van der Waals surface area contributed by atoms with Gasteiger partial charge in [-0.2, -0.15) is 0 Å². The molecule has 2 atom stereocenters. The highest BCUT2D eigenvalue weighted by atomic mass is 32.1. The Labute approximate surface area is 549 Å². The topological polar surface area (TPSA) is 48.8 Å². The van der Waals surface area contributed by atoms with Gasteiger partial charge in [0, 0.05) is 84.5 Å². The summed E-state index contributed by atoms with van der Waals surface area (Å²) in [6, 6.07) is 94.3. The van der Waals surface area contributed by atoms with Gasteiger partial charge < -0.3 is 10.6 Å². The molecule has 2 unspecified atom stereocenters. The Bertz CT molecular complexity index is 6270. The van der Waals surface area contributed by atoms with E-state index in [0.29, 0.717) is 0 Å². The molecule has 0 spiro atoms. The van der Waals surface area contributed by atoms with Crippen LogP contribution in [0.1, 0.15) is 22.3 Å². The molecule has 2 aliphatic heterocycles. The number of amidine groups is 2. The van der Waals surface area contributed by atoms with E-state index in [1.54, 1.807) is 0 Å². The second-order valence-corrected chi connectivity index (χ2v) is 27.1. The number of hydrogen-bond donors (Lipinski definition) is 2. The van der Waals surface area contributed by atoms with Gasteiger partial charge in [-0.25, -0.2) is 9.98 Å². The molecule has 0 fully saturated rings. The van der Waals surface area contributed by atoms with E-state index in [1.807, 2.05) is 22.7 Å². The first-order chi connectivity index (χ1) is 46.6. The van der Waals surface area contributed by atoms with E-state index < -0.39 is 0 Å². The summed E-state index contributed by atoms with van der Waals surface area (Å²) in [6.07, 6.45) is 17.4. The van der Waals surface area contributed by atoms with Crippen LogP contribution in [0.5, 0.6) is 0 Å². The van der Waals surface area contributed by atoms with Crippen LogP contribution in [-0.4, -0.2) is 23.8 Å². The Morgan fingerprint density at radius 3 is 1.34 bits per heavy atom. The molecule has 0 saturated carbocycles. The highest BCUT2D eigenvalue weighted by molar-refractivity contribution is 7.27. The first-order valence-electron chi connectivity index (χ1n) is 32.3. The Kier molecular flexibility index (Phi) is 11.9. The monoisotopic (exact) mass is 1230 g/mol. The van der Waals surface area contributed by atoms with Crippen LogP contribution in [0.4, 0.5) is 0 Å². The van der Waals surface area contributed by atoms with Crippen molar-refractivity contribution in [2.45, 2.75) is 12.1 Å². The molecule has 2 N–H and O–H groups in total. The van der Waals surface area contributed by atoms with Crippen LogP contribution in [0.3, 0.4) is 0 Å². The summed E-state index contributed by atoms with van der Waals surface area (Å²) in [5, 5.41) is 28.0. The lowest BCUT2D eigenvalue weighted by molar-refractivity contribution is 0.830. The quantitative estimate of drug-likeness (QED) is 0.156. The van der Waals surface area contributed by atoms with Crippen molar-refractivity contribution in [3.63, 3.8) is 0 Å². The highest BCUT2D eigenvalue weighted by Gasteiger charge is 2.30. The predicted octanol–water partition coefficient (Wildman–Crippen LogP) is 22.9. The fourth-order valence-corrected chi connectivity index (χ4v) is 18.2. The number of nitrogens with one attached hydrogen (secondary N) is 2. The third-order valence-corrected chi connectivity index (χ3v) is 22.3. The molecular formula is C88H54N4S2. The lowest BCUT2D eigenvalue weighted by atomic mass is 9.87. The SMILES string of the molecule is C1=CC2=C(c3ccccc3)N=C(c3ccc(-c4cc5c6ccccc6c6cc(-c7ccc(-c8ccccc8C8=C9C=CC=CC9NC(c9cc%10c%11ccccc%11c%11ccccc%11c%10c%10sc%11ccccc%11c9%10)=N8)cc7)ccc6c5c5sc6ccccc6c45)cc3)NC2C=C1. The number of fused-ring (bicyclic) bond motifs is 22. The lowest BCUT2D eigenvalue weighted by Gasteiger charge is -2.29. The van der Waals surface area contributed by atoms with Crippen LogP contribution in [0.15, 0.2) is 325 Å². The van der Waals surface area contributed by atoms with Crippen molar-refractivity contribution >= 4 is 151 Å². The molecule has 4 heterocycles. The molecule has 94 heavy (non-hydrogen) atoms. The number of rotatable bonds is 7. The zero-order valence-electron chi connectivity index (χ0n) is 50.7. The summed E-state index contributed by atoms with van der Waals surface area (Å²) in [6.45, 7) is 0. The number of nitrogens with zero attached hydrogens (tertiary/aromatic N) is 2. The summed E-state index contributed by atoms with van der Waals surface area (Å²) >= 11 is 3.80. The van der Waals surface area contributed by atoms with Gasteiger partial charge in [0.25, 0.3) is 0 Å². The standard InChI is InChI=1S/C88H54N4S2/c1-2-20-54(21-3-1)83-66-30-12-16-34-75(66)89-87(91-83)55-44-42-53(43-45-55)70-49-72-62-27-8-6-25-60(62)71-48-56(46-47-64(71)80(72)85-81(70)68-32-14-18-36-77(68)93-85)51-38-40-52(41-39-51)57-22-4-11-29-65(57)84-67-31-13-17-35-76(67)90-88(92-84)74-50-73-61-26-7-5-23-58(61)59-24-9-10-28-63(59)79(73)86-82(74)69-33-15-19-37-78(69)94-86/h1-50,75-76H,(H,89,91)(H,90,92). The Morgan fingerprint density at radius 1 is 0.266 bits per heavy atom. The first kappa shape index (κ1) is 53.2. The maximum absolute atomic E-state index is 5.80. The number of thiophene rings is 2. The molecule has 0 bridgehead atoms. The number of allylic oxidation sites excluding steroid dienone is 4. The average molecular weight is 1230 g/mol. The van der Waals surface area contributed by atoms with Gasteiger partial charge in [0.2, 0.25) is 0 Å². The van der Waals surface area contributed by atoms with Crippen molar-refractivity contribution in [2.75, 3.05) is 0 Å². The summed E-state index contributed by atoms with van der Waals surface area (Å²) in [7, 11) is 0. The molecule has 6 heteroatoms. The van der Waals surface area contributed by atoms with Gasteiger partial charge in [-0.1, -0.05) is 273 Å². The van der Waals surface area contributed by atoms with Crippen molar-refractivity contribution in [3.05, 3.63) is 337 Å². The van der Waals surface area contributed by atoms with Crippen LogP contribution >= 0.6 is 22.7 Å². The molecule has 0 saturated heterocycles. The van der Waals surface area contributed by atoms with Crippen molar-refractivity contribution in [2.24, 2.45) is 9.98 Å². The van der Waals surface area contributed by atoms with Gasteiger partial charge in [0.05, 0.1) is 23.5 Å². The maximum atomic E-state index is 5.80. The van der Waals surface area contributed by atoms with Gasteiger partial charge in [0.15, 0.2) is 0 Å². The van der Waals surface area contributed by atoms with E-state index in [4.69, 9.17) is 9.98 Å². The number of benzene rings is 14. The zero-order valence-corrected chi connectivity index (χ0v) is 52.4. The molecule has 0 radical (unpaired) electrons. The van der Waals surface area contributed by atoms with Gasteiger partial charge in [-0.05, 0) is 118 Å². The fourth-order valence-electron chi connectivity index (χ4n) is 15.6. The van der Waals surface area contributed by atoms with E-state index in [-0.39, 0.29) is 12.1 Å². The number of aliphatic imine (C=N–C) groups is 2. The van der Waals surface area contributed by atoms with Crippen molar-refractivity contribution in [1.82, 2.24) is 10.6 Å². The van der Waals surface area contributed by atoms with Gasteiger partial charge >= 0.3 is 0 Å². The molecule has 2 aliphatic carbocycles. The minimum Gasteiger partial charge on any atom is -0.359 e. The van der Waals surface area contributed by atoms with E-state index in [2.05, 4.69) is 314 Å². The van der Waals surface area contributed by atoms with Crippen LogP contribution in [0.25, 0.3) is 150 Å². The fraction of sp³-hybridized carbons (Fsp3) is 0.0227. The molecule has 438 valence electrons. The van der Waals surface area contributed by atoms with Gasteiger partial charge in [-0.15, -0.1) is 22.7 Å². The van der Waals surface area contributed by atoms with Crippen LogP contribution < -0.4 is 10.6 Å². The Hall–Kier alpha value is -11.5. The first-order valence-corrected chi connectivity index (χ1v) is 33.9. The van der Waals surface area contributed by atoms with E-state index in [9.17, 15) is 0 Å². The molecule has 4 aliphatic rings. The smallest absolute Gasteiger partial charge is 0.135 e. The van der Waals surface area contributed by atoms with E-state index >= 15 is 0 Å². The molecule has 2 aromatic heterocycles. The second-order valence-electron chi connectivity index (χ2n) is 25.0. The predicted molar refractivity (Wildman–Crippen MR) is 404 cm³/mol. The molecule has 4 nitrogen and oxygen atoms in total. The molecule has 20 rings (SSSR count). The van der Waals surface area contributed by atoms with Crippen LogP contribution in [0.2, 0.25) is 0 Å². The second kappa shape index (κ2) is 21.0. The largest absolute Gasteiger partial charge is 0.359 e. The minimum absolute atomic E-state index is 0.0427. The Balaban J connectivity index is 0.691. The summed E-state index contributed by atoms with van der Waals surface area (Å²) in [5.41, 5.74) is 15.8. The Morgan fingerprint density at radius 2 is 0.702 bits per heavy atom. The third kappa shape index (κ3) is 8.16. The van der Waals surface area contributed by atoms with E-state index in [1.165, 1.54) is 133 Å². The molecule has 0 amide bonds. The molecule has 16 aromatic rings. The lowest BCUT2D eigenvalue weighted by Crippen LogP contribution is -2.39. The summed E-state index contributed by atoms with van der Waals surface area (Å²) in [5.74, 6) is 1.76. The third-order valence-electron chi connectivity index (χ3n) is 19.9. The van der Waals surface area contributed by atoms with E-state index in [0.717, 1.165) is 62.0 Å². The van der Waals surface area contributed by atoms with Gasteiger partial charge in [0.1, 0.15) is 11.7 Å². The van der Waals surface area contributed by atoms with Crippen molar-refractivity contribution < 1.29 is 0 Å². The molecular weight excluding hydrogens is 1180 g/mol. The van der Waals surface area contributed by atoms with Crippen LogP contribution in [0, 0.1) is 0 Å². The van der Waals surface area contributed by atoms with Crippen LogP contribution in [-0.2, 0) is 0 Å². The van der Waals surface area contributed by atoms with Crippen molar-refractivity contribution in [1.29, 1.82) is 0 Å². The summed E-state index contributed by atoms with van der Waals surface area (Å²) < 4.78 is 5.15. The number of hydrogen-bond acceptors (Lipinski definition) is 6. The average Bonchev–Trinajstić information content (AvgIpc) is 1.40. The summed E-state index contributed by atoms with van der Waals surface area (Å²) in [4.78, 5) is 11.1. The maximum Gasteiger partial charge on any atom is 0.135 e. The zero-order chi connectivity index (χ0) is 61.5.